The van der Waals surface area contributed by atoms with E-state index in [1.54, 1.807) is 6.92 Å². The number of thioether (sulfide) groups is 1. The number of rotatable bonds is 3. The molecule has 0 saturated carbocycles. The van der Waals surface area contributed by atoms with Crippen LogP contribution in [-0.4, -0.2) is 47.0 Å². The number of hydrogen-bond acceptors (Lipinski definition) is 6. The van der Waals surface area contributed by atoms with Gasteiger partial charge in [-0.2, -0.15) is 0 Å². The molecule has 3 unspecified atom stereocenters. The number of hydrogen-bond donors (Lipinski definition) is 2. The Morgan fingerprint density at radius 3 is 2.50 bits per heavy atom. The molecule has 0 amide bonds. The second-order valence-corrected chi connectivity index (χ2v) is 5.89. The van der Waals surface area contributed by atoms with Gasteiger partial charge < -0.3 is 19.7 Å². The Morgan fingerprint density at radius 2 is 1.90 bits per heavy atom. The van der Waals surface area contributed by atoms with Gasteiger partial charge in [0.05, 0.1) is 19.3 Å². The van der Waals surface area contributed by atoms with Crippen LogP contribution in [0.25, 0.3) is 0 Å². The first kappa shape index (κ1) is 15.3. The molecule has 0 bridgehead atoms. The van der Waals surface area contributed by atoms with Crippen molar-refractivity contribution in [3.63, 3.8) is 0 Å². The van der Waals surface area contributed by atoms with E-state index >= 15 is 0 Å². The smallest absolute Gasteiger partial charge is 0.337 e. The molecule has 0 aliphatic carbocycles. The summed E-state index contributed by atoms with van der Waals surface area (Å²) in [5.74, 6) is -1.11. The minimum absolute atomic E-state index is 0.478. The SMILES string of the molecule is COC(=O)C1OC(Sc2ccccc2)C(O)[C@@H](C)[C@H]1O. The van der Waals surface area contributed by atoms with Gasteiger partial charge in [-0.3, -0.25) is 0 Å². The van der Waals surface area contributed by atoms with E-state index in [9.17, 15) is 15.0 Å². The minimum atomic E-state index is -1.08. The predicted octanol–water partition coefficient (Wildman–Crippen LogP) is 1.03. The van der Waals surface area contributed by atoms with E-state index in [1.165, 1.54) is 18.9 Å². The van der Waals surface area contributed by atoms with Crippen LogP contribution in [0.1, 0.15) is 6.92 Å². The summed E-state index contributed by atoms with van der Waals surface area (Å²) in [6.07, 6.45) is -3.01. The lowest BCUT2D eigenvalue weighted by molar-refractivity contribution is -0.194. The van der Waals surface area contributed by atoms with Gasteiger partial charge in [0.15, 0.2) is 6.10 Å². The third-order valence-electron chi connectivity index (χ3n) is 3.38. The quantitative estimate of drug-likeness (QED) is 0.812. The molecule has 0 aromatic heterocycles. The van der Waals surface area contributed by atoms with Crippen molar-refractivity contribution in [2.75, 3.05) is 7.11 Å². The second-order valence-electron chi connectivity index (χ2n) is 4.72. The Morgan fingerprint density at radius 1 is 1.25 bits per heavy atom. The fourth-order valence-corrected chi connectivity index (χ4v) is 3.22. The first-order valence-corrected chi connectivity index (χ1v) is 7.23. The number of esters is 1. The van der Waals surface area contributed by atoms with Crippen molar-refractivity contribution >= 4 is 17.7 Å². The Hall–Kier alpha value is -1.08. The predicted molar refractivity (Wildman–Crippen MR) is 74.2 cm³/mol. The summed E-state index contributed by atoms with van der Waals surface area (Å²) >= 11 is 1.32. The Balaban J connectivity index is 2.13. The molecule has 2 N–H and O–H groups in total. The van der Waals surface area contributed by atoms with Crippen LogP contribution >= 0.6 is 11.8 Å². The summed E-state index contributed by atoms with van der Waals surface area (Å²) in [5.41, 5.74) is -0.625. The van der Waals surface area contributed by atoms with Crippen LogP contribution in [0.5, 0.6) is 0 Å². The minimum Gasteiger partial charge on any atom is -0.467 e. The average molecular weight is 298 g/mol. The molecule has 0 radical (unpaired) electrons. The van der Waals surface area contributed by atoms with Gasteiger partial charge in [0.2, 0.25) is 0 Å². The lowest BCUT2D eigenvalue weighted by Gasteiger charge is -2.39. The highest BCUT2D eigenvalue weighted by Gasteiger charge is 2.46. The number of aliphatic hydroxyl groups excluding tert-OH is 2. The molecule has 1 aliphatic heterocycles. The molecule has 1 heterocycles. The lowest BCUT2D eigenvalue weighted by atomic mass is 9.91. The summed E-state index contributed by atoms with van der Waals surface area (Å²) in [7, 11) is 1.24. The zero-order valence-corrected chi connectivity index (χ0v) is 12.1. The van der Waals surface area contributed by atoms with Crippen molar-refractivity contribution in [1.82, 2.24) is 0 Å². The summed E-state index contributed by atoms with van der Waals surface area (Å²) in [5, 5.41) is 20.2. The number of aliphatic hydroxyl groups is 2. The molecular weight excluding hydrogens is 280 g/mol. The van der Waals surface area contributed by atoms with Gasteiger partial charge in [-0.05, 0) is 12.1 Å². The Labute approximate surface area is 121 Å². The summed E-state index contributed by atoms with van der Waals surface area (Å²) in [6.45, 7) is 1.69. The van der Waals surface area contributed by atoms with E-state index in [-0.39, 0.29) is 0 Å². The molecule has 1 aliphatic rings. The number of carbonyl (C=O) groups is 1. The molecule has 6 heteroatoms. The van der Waals surface area contributed by atoms with Crippen molar-refractivity contribution in [1.29, 1.82) is 0 Å². The van der Waals surface area contributed by atoms with Crippen molar-refractivity contribution in [2.24, 2.45) is 5.92 Å². The van der Waals surface area contributed by atoms with Crippen LogP contribution in [-0.2, 0) is 14.3 Å². The van der Waals surface area contributed by atoms with Gasteiger partial charge in [-0.1, -0.05) is 36.9 Å². The maximum Gasteiger partial charge on any atom is 0.337 e. The van der Waals surface area contributed by atoms with Crippen molar-refractivity contribution < 1.29 is 24.5 Å². The molecular formula is C14H18O5S. The third-order valence-corrected chi connectivity index (χ3v) is 4.54. The van der Waals surface area contributed by atoms with Gasteiger partial charge in [0, 0.05) is 10.8 Å². The molecule has 1 saturated heterocycles. The molecule has 5 nitrogen and oxygen atoms in total. The number of ether oxygens (including phenoxy) is 2. The van der Waals surface area contributed by atoms with Gasteiger partial charge in [-0.15, -0.1) is 0 Å². The monoisotopic (exact) mass is 298 g/mol. The fraction of sp³-hybridized carbons (Fsp3) is 0.500. The zero-order valence-electron chi connectivity index (χ0n) is 11.3. The maximum absolute atomic E-state index is 11.6. The second kappa shape index (κ2) is 6.58. The van der Waals surface area contributed by atoms with E-state index in [2.05, 4.69) is 4.74 Å². The van der Waals surface area contributed by atoms with E-state index in [1.807, 2.05) is 30.3 Å². The number of methoxy groups -OCH3 is 1. The highest BCUT2D eigenvalue weighted by Crippen LogP contribution is 2.35. The van der Waals surface area contributed by atoms with Crippen LogP contribution in [0.3, 0.4) is 0 Å². The first-order valence-electron chi connectivity index (χ1n) is 6.35. The maximum atomic E-state index is 11.6. The summed E-state index contributed by atoms with van der Waals surface area (Å²) in [6, 6.07) is 9.44. The molecule has 1 aromatic carbocycles. The van der Waals surface area contributed by atoms with E-state index in [0.717, 1.165) is 4.90 Å². The van der Waals surface area contributed by atoms with Crippen molar-refractivity contribution in [3.05, 3.63) is 30.3 Å². The molecule has 5 atom stereocenters. The van der Waals surface area contributed by atoms with E-state index < -0.39 is 35.6 Å². The van der Waals surface area contributed by atoms with Crippen LogP contribution in [0.4, 0.5) is 0 Å². The van der Waals surface area contributed by atoms with Gasteiger partial charge in [0.25, 0.3) is 0 Å². The van der Waals surface area contributed by atoms with Crippen molar-refractivity contribution in [3.8, 4) is 0 Å². The van der Waals surface area contributed by atoms with Gasteiger partial charge in [-0.25, -0.2) is 4.79 Å². The van der Waals surface area contributed by atoms with Crippen LogP contribution in [0.15, 0.2) is 35.2 Å². The molecule has 110 valence electrons. The molecule has 1 aromatic rings. The number of carbonyl (C=O) groups excluding carboxylic acids is 1. The Kier molecular flexibility index (Phi) is 5.04. The average Bonchev–Trinajstić information content (AvgIpc) is 2.48. The largest absolute Gasteiger partial charge is 0.467 e. The van der Waals surface area contributed by atoms with Gasteiger partial charge in [0.1, 0.15) is 5.44 Å². The summed E-state index contributed by atoms with van der Waals surface area (Å²) < 4.78 is 10.2. The van der Waals surface area contributed by atoms with Crippen LogP contribution in [0, 0.1) is 5.92 Å². The van der Waals surface area contributed by atoms with E-state index in [0.29, 0.717) is 0 Å². The van der Waals surface area contributed by atoms with Crippen molar-refractivity contribution in [2.45, 2.75) is 35.6 Å². The molecule has 0 spiro atoms. The topological polar surface area (TPSA) is 76.0 Å². The highest BCUT2D eigenvalue weighted by atomic mass is 32.2. The highest BCUT2D eigenvalue weighted by molar-refractivity contribution is 7.99. The summed E-state index contributed by atoms with van der Waals surface area (Å²) in [4.78, 5) is 12.5. The van der Waals surface area contributed by atoms with Crippen LogP contribution < -0.4 is 0 Å². The normalized spacial score (nSPS) is 33.7. The Bertz CT molecular complexity index is 452. The van der Waals surface area contributed by atoms with Crippen LogP contribution in [0.2, 0.25) is 0 Å². The number of benzene rings is 1. The lowest BCUT2D eigenvalue weighted by Crippen LogP contribution is -2.55. The standard InChI is InChI=1S/C14H18O5S/c1-8-10(15)12(13(17)18-2)19-14(11(8)16)20-9-6-4-3-5-7-9/h3-8,10-12,14-16H,1-2H3/t8-,10+,11?,12?,14?/m0/s1. The fourth-order valence-electron chi connectivity index (χ4n) is 2.07. The zero-order chi connectivity index (χ0) is 14.7. The third kappa shape index (κ3) is 3.15. The first-order chi connectivity index (χ1) is 9.54. The molecule has 20 heavy (non-hydrogen) atoms. The van der Waals surface area contributed by atoms with Gasteiger partial charge >= 0.3 is 5.97 Å². The van der Waals surface area contributed by atoms with E-state index in [4.69, 9.17) is 4.74 Å². The molecule has 2 rings (SSSR count). The molecule has 1 fully saturated rings.